The summed E-state index contributed by atoms with van der Waals surface area (Å²) in [4.78, 5) is 8.64. The summed E-state index contributed by atoms with van der Waals surface area (Å²) < 4.78 is 0. The molecule has 2 aromatic rings. The van der Waals surface area contributed by atoms with Gasteiger partial charge in [-0.1, -0.05) is 23.8 Å². The minimum Gasteiger partial charge on any atom is -0.353 e. The van der Waals surface area contributed by atoms with Gasteiger partial charge in [0, 0.05) is 30.5 Å². The standard InChI is InChI=1S/C15H20N4/c1-10-4-5-11(2)14(6-10)13-8-18-15(19-9-13)17-7-12(3)16/h4-6,8-9,12H,7,16H2,1-3H3,(H,17,18,19). The summed E-state index contributed by atoms with van der Waals surface area (Å²) in [5.74, 6) is 0.617. The van der Waals surface area contributed by atoms with Crippen LogP contribution in [0.3, 0.4) is 0 Å². The molecule has 0 fully saturated rings. The zero-order valence-corrected chi connectivity index (χ0v) is 11.6. The van der Waals surface area contributed by atoms with E-state index in [2.05, 4.69) is 47.3 Å². The molecule has 0 saturated carbocycles. The highest BCUT2D eigenvalue weighted by molar-refractivity contribution is 5.66. The highest BCUT2D eigenvalue weighted by Gasteiger charge is 2.04. The fraction of sp³-hybridized carbons (Fsp3) is 0.333. The summed E-state index contributed by atoms with van der Waals surface area (Å²) >= 11 is 0. The number of nitrogens with two attached hydrogens (primary N) is 1. The van der Waals surface area contributed by atoms with Crippen LogP contribution in [0.25, 0.3) is 11.1 Å². The lowest BCUT2D eigenvalue weighted by molar-refractivity contribution is 0.773. The molecule has 0 amide bonds. The average Bonchev–Trinajstić information content (AvgIpc) is 2.40. The molecule has 100 valence electrons. The van der Waals surface area contributed by atoms with E-state index in [0.717, 1.165) is 5.56 Å². The summed E-state index contributed by atoms with van der Waals surface area (Å²) in [6, 6.07) is 6.47. The summed E-state index contributed by atoms with van der Waals surface area (Å²) in [6.07, 6.45) is 3.69. The van der Waals surface area contributed by atoms with Crippen molar-refractivity contribution in [1.82, 2.24) is 9.97 Å². The van der Waals surface area contributed by atoms with Crippen LogP contribution in [0.4, 0.5) is 5.95 Å². The minimum atomic E-state index is 0.0855. The van der Waals surface area contributed by atoms with Gasteiger partial charge >= 0.3 is 0 Å². The summed E-state index contributed by atoms with van der Waals surface area (Å²) in [6.45, 7) is 6.79. The van der Waals surface area contributed by atoms with E-state index in [1.807, 2.05) is 19.3 Å². The molecule has 0 aliphatic rings. The van der Waals surface area contributed by atoms with Crippen molar-refractivity contribution in [2.75, 3.05) is 11.9 Å². The lowest BCUT2D eigenvalue weighted by Gasteiger charge is -2.09. The third-order valence-electron chi connectivity index (χ3n) is 2.94. The number of nitrogens with one attached hydrogen (secondary N) is 1. The van der Waals surface area contributed by atoms with E-state index in [9.17, 15) is 0 Å². The van der Waals surface area contributed by atoms with Gasteiger partial charge in [-0.3, -0.25) is 0 Å². The van der Waals surface area contributed by atoms with Gasteiger partial charge in [0.05, 0.1) is 0 Å². The zero-order chi connectivity index (χ0) is 13.8. The Balaban J connectivity index is 2.20. The first-order chi connectivity index (χ1) is 9.06. The molecule has 4 heteroatoms. The Morgan fingerprint density at radius 2 is 1.89 bits per heavy atom. The van der Waals surface area contributed by atoms with Gasteiger partial charge in [0.1, 0.15) is 0 Å². The van der Waals surface area contributed by atoms with Crippen molar-refractivity contribution in [3.05, 3.63) is 41.7 Å². The van der Waals surface area contributed by atoms with Crippen LogP contribution in [0.15, 0.2) is 30.6 Å². The zero-order valence-electron chi connectivity index (χ0n) is 11.6. The van der Waals surface area contributed by atoms with Crippen LogP contribution in [-0.2, 0) is 0 Å². The van der Waals surface area contributed by atoms with Gasteiger partial charge < -0.3 is 11.1 Å². The third kappa shape index (κ3) is 3.51. The Hall–Kier alpha value is -1.94. The Morgan fingerprint density at radius 1 is 1.21 bits per heavy atom. The maximum Gasteiger partial charge on any atom is 0.222 e. The maximum atomic E-state index is 5.68. The Labute approximate surface area is 114 Å². The minimum absolute atomic E-state index is 0.0855. The van der Waals surface area contributed by atoms with Gasteiger partial charge in [0.25, 0.3) is 0 Å². The molecule has 0 aliphatic carbocycles. The SMILES string of the molecule is Cc1ccc(C)c(-c2cnc(NCC(C)N)nc2)c1. The first kappa shape index (κ1) is 13.5. The van der Waals surface area contributed by atoms with Gasteiger partial charge in [-0.05, 0) is 31.9 Å². The van der Waals surface area contributed by atoms with E-state index in [1.54, 1.807) is 0 Å². The monoisotopic (exact) mass is 256 g/mol. The Kier molecular flexibility index (Phi) is 4.12. The largest absolute Gasteiger partial charge is 0.353 e. The average molecular weight is 256 g/mol. The molecule has 4 nitrogen and oxygen atoms in total. The molecule has 3 N–H and O–H groups in total. The maximum absolute atomic E-state index is 5.68. The molecule has 2 rings (SSSR count). The number of aromatic nitrogens is 2. The van der Waals surface area contributed by atoms with E-state index in [4.69, 9.17) is 5.73 Å². The Morgan fingerprint density at radius 3 is 2.53 bits per heavy atom. The number of aryl methyl sites for hydroxylation is 2. The highest BCUT2D eigenvalue weighted by atomic mass is 15.1. The predicted octanol–water partition coefficient (Wildman–Crippen LogP) is 2.52. The quantitative estimate of drug-likeness (QED) is 0.882. The van der Waals surface area contributed by atoms with Crippen LogP contribution in [0.2, 0.25) is 0 Å². The van der Waals surface area contributed by atoms with Crippen molar-refractivity contribution < 1.29 is 0 Å². The van der Waals surface area contributed by atoms with E-state index in [0.29, 0.717) is 12.5 Å². The van der Waals surface area contributed by atoms with Crippen LogP contribution in [0, 0.1) is 13.8 Å². The number of anilines is 1. The second-order valence-electron chi connectivity index (χ2n) is 4.97. The molecule has 1 atom stereocenters. The number of hydrogen-bond donors (Lipinski definition) is 2. The summed E-state index contributed by atoms with van der Waals surface area (Å²) in [7, 11) is 0. The number of nitrogens with zero attached hydrogens (tertiary/aromatic N) is 2. The second kappa shape index (κ2) is 5.80. The van der Waals surface area contributed by atoms with Gasteiger partial charge in [0.15, 0.2) is 0 Å². The van der Waals surface area contributed by atoms with Crippen LogP contribution < -0.4 is 11.1 Å². The third-order valence-corrected chi connectivity index (χ3v) is 2.94. The molecule has 0 aliphatic heterocycles. The molecule has 1 heterocycles. The molecule has 0 saturated heterocycles. The van der Waals surface area contributed by atoms with E-state index in [-0.39, 0.29) is 6.04 Å². The van der Waals surface area contributed by atoms with Crippen molar-refractivity contribution in [1.29, 1.82) is 0 Å². The predicted molar refractivity (Wildman–Crippen MR) is 79.1 cm³/mol. The molecule has 1 unspecified atom stereocenters. The van der Waals surface area contributed by atoms with Crippen molar-refractivity contribution in [3.63, 3.8) is 0 Å². The molecule has 1 aromatic heterocycles. The van der Waals surface area contributed by atoms with E-state index >= 15 is 0 Å². The van der Waals surface area contributed by atoms with Crippen molar-refractivity contribution in [3.8, 4) is 11.1 Å². The molecular formula is C15H20N4. The first-order valence-corrected chi connectivity index (χ1v) is 6.45. The van der Waals surface area contributed by atoms with Crippen LogP contribution in [0.1, 0.15) is 18.1 Å². The van der Waals surface area contributed by atoms with Crippen molar-refractivity contribution in [2.45, 2.75) is 26.8 Å². The summed E-state index contributed by atoms with van der Waals surface area (Å²) in [5.41, 5.74) is 10.4. The van der Waals surface area contributed by atoms with Gasteiger partial charge in [-0.25, -0.2) is 9.97 Å². The van der Waals surface area contributed by atoms with Crippen LogP contribution in [0.5, 0.6) is 0 Å². The van der Waals surface area contributed by atoms with Gasteiger partial charge in [-0.2, -0.15) is 0 Å². The van der Waals surface area contributed by atoms with Crippen molar-refractivity contribution in [2.24, 2.45) is 5.73 Å². The number of rotatable bonds is 4. The second-order valence-corrected chi connectivity index (χ2v) is 4.97. The fourth-order valence-corrected chi connectivity index (χ4v) is 1.86. The topological polar surface area (TPSA) is 63.8 Å². The normalized spacial score (nSPS) is 12.2. The number of benzene rings is 1. The van der Waals surface area contributed by atoms with E-state index < -0.39 is 0 Å². The van der Waals surface area contributed by atoms with Crippen LogP contribution in [-0.4, -0.2) is 22.6 Å². The van der Waals surface area contributed by atoms with Gasteiger partial charge in [-0.15, -0.1) is 0 Å². The molecule has 0 bridgehead atoms. The number of hydrogen-bond acceptors (Lipinski definition) is 4. The van der Waals surface area contributed by atoms with Crippen molar-refractivity contribution >= 4 is 5.95 Å². The molecule has 0 radical (unpaired) electrons. The van der Waals surface area contributed by atoms with Crippen LogP contribution >= 0.6 is 0 Å². The molecule has 1 aromatic carbocycles. The highest BCUT2D eigenvalue weighted by Crippen LogP contribution is 2.23. The lowest BCUT2D eigenvalue weighted by atomic mass is 10.0. The smallest absolute Gasteiger partial charge is 0.222 e. The first-order valence-electron chi connectivity index (χ1n) is 6.45. The summed E-state index contributed by atoms with van der Waals surface area (Å²) in [5, 5.41) is 3.10. The van der Waals surface area contributed by atoms with Gasteiger partial charge in [0.2, 0.25) is 5.95 Å². The molecule has 0 spiro atoms. The molecule has 19 heavy (non-hydrogen) atoms. The van der Waals surface area contributed by atoms with E-state index in [1.165, 1.54) is 16.7 Å². The Bertz CT molecular complexity index is 547. The molecular weight excluding hydrogens is 236 g/mol. The lowest BCUT2D eigenvalue weighted by Crippen LogP contribution is -2.25. The fourth-order valence-electron chi connectivity index (χ4n) is 1.86.